The van der Waals surface area contributed by atoms with E-state index in [9.17, 15) is 4.79 Å². The van der Waals surface area contributed by atoms with Crippen LogP contribution in [0.5, 0.6) is 11.5 Å². The topological polar surface area (TPSA) is 84.8 Å². The van der Waals surface area contributed by atoms with Gasteiger partial charge in [0.05, 0.1) is 6.21 Å². The first kappa shape index (κ1) is 15.4. The molecule has 1 aliphatic rings. The number of benzene rings is 1. The fourth-order valence-corrected chi connectivity index (χ4v) is 2.32. The molecule has 0 fully saturated rings. The fraction of sp³-hybridized carbons (Fsp3) is 0.0714. The molecule has 0 spiro atoms. The van der Waals surface area contributed by atoms with Gasteiger partial charge in [0.15, 0.2) is 11.5 Å². The number of urea groups is 1. The quantitative estimate of drug-likeness (QED) is 0.504. The normalized spacial score (nSPS) is 12.4. The smallest absolute Gasteiger partial charge is 0.339 e. The summed E-state index contributed by atoms with van der Waals surface area (Å²) in [5.74, 6) is 1.32. The zero-order valence-electron chi connectivity index (χ0n) is 11.5. The summed E-state index contributed by atoms with van der Waals surface area (Å²) in [4.78, 5) is 15.5. The third kappa shape index (κ3) is 4.02. The van der Waals surface area contributed by atoms with E-state index in [0.717, 1.165) is 5.56 Å². The Morgan fingerprint density at radius 1 is 1.17 bits per heavy atom. The van der Waals surface area contributed by atoms with Crippen LogP contribution in [0.25, 0.3) is 0 Å². The van der Waals surface area contributed by atoms with Crippen molar-refractivity contribution < 1.29 is 14.3 Å². The maximum Gasteiger partial charge on any atom is 0.339 e. The van der Waals surface area contributed by atoms with E-state index < -0.39 is 6.03 Å². The summed E-state index contributed by atoms with van der Waals surface area (Å²) in [7, 11) is 0. The van der Waals surface area contributed by atoms with Gasteiger partial charge >= 0.3 is 6.03 Å². The number of aromatic nitrogens is 1. The summed E-state index contributed by atoms with van der Waals surface area (Å²) in [6, 6.07) is 7.71. The average Bonchev–Trinajstić information content (AvgIpc) is 2.93. The van der Waals surface area contributed by atoms with E-state index in [4.69, 9.17) is 32.7 Å². The van der Waals surface area contributed by atoms with E-state index in [1.807, 2.05) is 0 Å². The molecule has 0 bridgehead atoms. The van der Waals surface area contributed by atoms with Gasteiger partial charge in [0, 0.05) is 5.69 Å². The van der Waals surface area contributed by atoms with Crippen molar-refractivity contribution in [3.05, 3.63) is 46.2 Å². The number of halogens is 2. The number of carbonyl (C=O) groups excluding carboxylic acids is 1. The number of ether oxygens (including phenoxy) is 2. The van der Waals surface area contributed by atoms with E-state index in [1.54, 1.807) is 18.2 Å². The third-order valence-electron chi connectivity index (χ3n) is 2.80. The minimum atomic E-state index is -0.541. The van der Waals surface area contributed by atoms with Gasteiger partial charge in [-0.1, -0.05) is 23.2 Å². The Morgan fingerprint density at radius 3 is 2.70 bits per heavy atom. The second-order valence-corrected chi connectivity index (χ2v) is 5.21. The fourth-order valence-electron chi connectivity index (χ4n) is 1.85. The van der Waals surface area contributed by atoms with Gasteiger partial charge in [0.2, 0.25) is 6.79 Å². The monoisotopic (exact) mass is 352 g/mol. The molecule has 0 atom stereocenters. The van der Waals surface area contributed by atoms with Gasteiger partial charge in [0.25, 0.3) is 0 Å². The Hall–Kier alpha value is -2.51. The number of nitrogens with zero attached hydrogens (tertiary/aromatic N) is 2. The van der Waals surface area contributed by atoms with E-state index in [1.165, 1.54) is 18.3 Å². The van der Waals surface area contributed by atoms with Crippen LogP contribution < -0.4 is 20.2 Å². The predicted octanol–water partition coefficient (Wildman–Crippen LogP) is 3.27. The molecule has 9 heteroatoms. The number of nitrogens with one attached hydrogen (secondary N) is 2. The average molecular weight is 353 g/mol. The first-order valence-electron chi connectivity index (χ1n) is 6.43. The van der Waals surface area contributed by atoms with E-state index >= 15 is 0 Å². The Kier molecular flexibility index (Phi) is 4.50. The van der Waals surface area contributed by atoms with Crippen molar-refractivity contribution in [1.82, 2.24) is 10.4 Å². The summed E-state index contributed by atoms with van der Waals surface area (Å²) >= 11 is 11.5. The summed E-state index contributed by atoms with van der Waals surface area (Å²) < 4.78 is 10.5. The van der Waals surface area contributed by atoms with E-state index in [0.29, 0.717) is 17.2 Å². The van der Waals surface area contributed by atoms with Gasteiger partial charge < -0.3 is 14.8 Å². The van der Waals surface area contributed by atoms with Crippen molar-refractivity contribution in [3.8, 4) is 11.5 Å². The molecule has 7 nitrogen and oxygen atoms in total. The van der Waals surface area contributed by atoms with Crippen molar-refractivity contribution in [2.75, 3.05) is 12.1 Å². The molecule has 0 saturated carbocycles. The van der Waals surface area contributed by atoms with Crippen molar-refractivity contribution in [2.24, 2.45) is 5.10 Å². The number of carbonyl (C=O) groups is 1. The molecule has 0 saturated heterocycles. The molecule has 118 valence electrons. The highest BCUT2D eigenvalue weighted by Crippen LogP contribution is 2.31. The largest absolute Gasteiger partial charge is 0.454 e. The van der Waals surface area contributed by atoms with Crippen molar-refractivity contribution in [1.29, 1.82) is 0 Å². The molecule has 2 aromatic rings. The lowest BCUT2D eigenvalue weighted by molar-refractivity contribution is 0.174. The van der Waals surface area contributed by atoms with Crippen LogP contribution in [0.3, 0.4) is 0 Å². The van der Waals surface area contributed by atoms with Gasteiger partial charge in [-0.05, 0) is 35.9 Å². The molecule has 2 N–H and O–H groups in total. The summed E-state index contributed by atoms with van der Waals surface area (Å²) in [5, 5.41) is 6.73. The first-order valence-corrected chi connectivity index (χ1v) is 7.18. The molecule has 1 aromatic heterocycles. The molecule has 1 aliphatic heterocycles. The van der Waals surface area contributed by atoms with Gasteiger partial charge in [-0.15, -0.1) is 0 Å². The minimum Gasteiger partial charge on any atom is -0.454 e. The number of pyridine rings is 1. The molecule has 0 aliphatic carbocycles. The SMILES string of the molecule is O=C(N/N=C\c1ccc2c(c1)OCO2)Nc1cc(Cl)nc(Cl)c1. The van der Waals surface area contributed by atoms with Crippen LogP contribution in [0.4, 0.5) is 10.5 Å². The van der Waals surface area contributed by atoms with Gasteiger partial charge in [0.1, 0.15) is 10.3 Å². The van der Waals surface area contributed by atoms with E-state index in [2.05, 4.69) is 20.8 Å². The Bertz CT molecular complexity index is 762. The van der Waals surface area contributed by atoms with Crippen LogP contribution in [0, 0.1) is 0 Å². The van der Waals surface area contributed by atoms with Crippen molar-refractivity contribution in [3.63, 3.8) is 0 Å². The molecule has 0 radical (unpaired) electrons. The van der Waals surface area contributed by atoms with Crippen LogP contribution >= 0.6 is 23.2 Å². The lowest BCUT2D eigenvalue weighted by Crippen LogP contribution is -2.24. The Labute approximate surface area is 141 Å². The highest BCUT2D eigenvalue weighted by atomic mass is 35.5. The molecule has 23 heavy (non-hydrogen) atoms. The number of hydrogen-bond donors (Lipinski definition) is 2. The minimum absolute atomic E-state index is 0.177. The van der Waals surface area contributed by atoms with Gasteiger partial charge in [-0.2, -0.15) is 5.10 Å². The van der Waals surface area contributed by atoms with Crippen LogP contribution in [0.1, 0.15) is 5.56 Å². The molecule has 1 aromatic carbocycles. The zero-order chi connectivity index (χ0) is 16.2. The number of fused-ring (bicyclic) bond motifs is 1. The third-order valence-corrected chi connectivity index (χ3v) is 3.18. The lowest BCUT2D eigenvalue weighted by Gasteiger charge is -2.04. The van der Waals surface area contributed by atoms with Crippen molar-refractivity contribution >= 4 is 41.1 Å². The summed E-state index contributed by atoms with van der Waals surface area (Å²) in [6.07, 6.45) is 1.48. The van der Waals surface area contributed by atoms with Gasteiger partial charge in [-0.3, -0.25) is 0 Å². The lowest BCUT2D eigenvalue weighted by atomic mass is 10.2. The standard InChI is InChI=1S/C14H10Cl2N4O3/c15-12-4-9(5-13(16)19-12)18-14(21)20-17-6-8-1-2-10-11(3-8)23-7-22-10/h1-6H,7H2,(H2,18,19,20,21)/b17-6-. The van der Waals surface area contributed by atoms with Crippen LogP contribution in [0.2, 0.25) is 10.3 Å². The molecular formula is C14H10Cl2N4O3. The molecule has 0 unspecified atom stereocenters. The second kappa shape index (κ2) is 6.72. The summed E-state index contributed by atoms with van der Waals surface area (Å²) in [5.41, 5.74) is 3.49. The summed E-state index contributed by atoms with van der Waals surface area (Å²) in [6.45, 7) is 0.202. The number of amides is 2. The number of rotatable bonds is 3. The maximum atomic E-state index is 11.7. The molecule has 2 amide bonds. The van der Waals surface area contributed by atoms with Gasteiger partial charge in [-0.25, -0.2) is 15.2 Å². The van der Waals surface area contributed by atoms with Crippen LogP contribution in [-0.4, -0.2) is 24.0 Å². The van der Waals surface area contributed by atoms with Crippen LogP contribution in [0.15, 0.2) is 35.4 Å². The Morgan fingerprint density at radius 2 is 1.91 bits per heavy atom. The number of hydrazone groups is 1. The highest BCUT2D eigenvalue weighted by molar-refractivity contribution is 6.32. The van der Waals surface area contributed by atoms with Crippen molar-refractivity contribution in [2.45, 2.75) is 0 Å². The first-order chi connectivity index (χ1) is 11.1. The molecular weight excluding hydrogens is 343 g/mol. The maximum absolute atomic E-state index is 11.7. The predicted molar refractivity (Wildman–Crippen MR) is 86.6 cm³/mol. The molecule has 2 heterocycles. The number of anilines is 1. The Balaban J connectivity index is 1.58. The van der Waals surface area contributed by atoms with Crippen LogP contribution in [-0.2, 0) is 0 Å². The zero-order valence-corrected chi connectivity index (χ0v) is 13.1. The van der Waals surface area contributed by atoms with E-state index in [-0.39, 0.29) is 17.1 Å². The highest BCUT2D eigenvalue weighted by Gasteiger charge is 2.12. The molecule has 3 rings (SSSR count). The number of hydrogen-bond acceptors (Lipinski definition) is 5. The second-order valence-electron chi connectivity index (χ2n) is 4.44.